The van der Waals surface area contributed by atoms with E-state index in [9.17, 15) is 13.2 Å². The summed E-state index contributed by atoms with van der Waals surface area (Å²) in [7, 11) is -3.19. The lowest BCUT2D eigenvalue weighted by molar-refractivity contribution is -0.115. The van der Waals surface area contributed by atoms with Gasteiger partial charge in [0.15, 0.2) is 14.9 Å². The second-order valence-electron chi connectivity index (χ2n) is 4.96. The quantitative estimate of drug-likeness (QED) is 0.645. The van der Waals surface area contributed by atoms with E-state index in [1.807, 2.05) is 12.1 Å². The summed E-state index contributed by atoms with van der Waals surface area (Å²) in [6.45, 7) is 0. The monoisotopic (exact) mass is 364 g/mol. The summed E-state index contributed by atoms with van der Waals surface area (Å²) in [5.74, 6) is -0.248. The van der Waals surface area contributed by atoms with Crippen molar-refractivity contribution in [2.75, 3.05) is 6.26 Å². The van der Waals surface area contributed by atoms with Crippen LogP contribution in [0.4, 0.5) is 0 Å². The molecule has 0 spiro atoms. The number of rotatable bonds is 3. The predicted molar refractivity (Wildman–Crippen MR) is 94.7 cm³/mol. The van der Waals surface area contributed by atoms with Crippen LogP contribution >= 0.6 is 23.6 Å². The maximum Gasteiger partial charge on any atom is 0.273 e. The lowest BCUT2D eigenvalue weighted by Gasteiger charge is -2.00. The van der Waals surface area contributed by atoms with Gasteiger partial charge in [0.05, 0.1) is 4.90 Å². The first-order valence-corrected chi connectivity index (χ1v) is 9.69. The molecule has 2 heterocycles. The predicted octanol–water partition coefficient (Wildman–Crippen LogP) is 2.16. The van der Waals surface area contributed by atoms with Gasteiger partial charge in [0, 0.05) is 16.0 Å². The Bertz CT molecular complexity index is 925. The fourth-order valence-electron chi connectivity index (χ4n) is 2.08. The van der Waals surface area contributed by atoms with E-state index in [1.54, 1.807) is 30.3 Å². The highest BCUT2D eigenvalue weighted by Crippen LogP contribution is 2.30. The fourth-order valence-corrected chi connectivity index (χ4v) is 3.87. The number of carbonyl (C=O) groups is 1. The number of hydrogen-bond donors (Lipinski definition) is 2. The Morgan fingerprint density at radius 2 is 1.78 bits per heavy atom. The van der Waals surface area contributed by atoms with Crippen LogP contribution in [0.3, 0.4) is 0 Å². The molecule has 0 bridgehead atoms. The van der Waals surface area contributed by atoms with Crippen LogP contribution in [0.1, 0.15) is 4.88 Å². The molecule has 1 fully saturated rings. The molecule has 1 saturated heterocycles. The Hall–Kier alpha value is -2.03. The zero-order chi connectivity index (χ0) is 16.6. The van der Waals surface area contributed by atoms with Gasteiger partial charge < -0.3 is 5.32 Å². The lowest BCUT2D eigenvalue weighted by atomic mass is 10.2. The first-order chi connectivity index (χ1) is 10.8. The maximum atomic E-state index is 11.6. The molecule has 23 heavy (non-hydrogen) atoms. The largest absolute Gasteiger partial charge is 0.328 e. The average molecular weight is 364 g/mol. The van der Waals surface area contributed by atoms with Crippen LogP contribution in [0, 0.1) is 0 Å². The third kappa shape index (κ3) is 3.49. The highest BCUT2D eigenvalue weighted by atomic mass is 32.2. The van der Waals surface area contributed by atoms with Crippen molar-refractivity contribution in [3.05, 3.63) is 47.0 Å². The number of thiophene rings is 1. The number of nitrogens with one attached hydrogen (secondary N) is 2. The van der Waals surface area contributed by atoms with E-state index >= 15 is 0 Å². The molecule has 3 rings (SSSR count). The lowest BCUT2D eigenvalue weighted by Crippen LogP contribution is -2.21. The fraction of sp³-hybridized carbons (Fsp3) is 0.0667. The summed E-state index contributed by atoms with van der Waals surface area (Å²) in [5, 5.41) is 5.60. The summed E-state index contributed by atoms with van der Waals surface area (Å²) >= 11 is 6.38. The topological polar surface area (TPSA) is 75.3 Å². The minimum Gasteiger partial charge on any atom is -0.328 e. The Kier molecular flexibility index (Phi) is 4.05. The van der Waals surface area contributed by atoms with Crippen molar-refractivity contribution in [2.24, 2.45) is 0 Å². The van der Waals surface area contributed by atoms with Gasteiger partial charge in [0.2, 0.25) is 0 Å². The molecular weight excluding hydrogens is 352 g/mol. The van der Waals surface area contributed by atoms with Crippen molar-refractivity contribution in [2.45, 2.75) is 4.90 Å². The molecule has 1 aromatic heterocycles. The van der Waals surface area contributed by atoms with Gasteiger partial charge in [-0.15, -0.1) is 11.3 Å². The van der Waals surface area contributed by atoms with E-state index in [1.165, 1.54) is 17.6 Å². The van der Waals surface area contributed by atoms with Gasteiger partial charge in [-0.3, -0.25) is 10.1 Å². The SMILES string of the molecule is CS(=O)(=O)c1ccc(-c2ccc(/C=C3\NC(=S)NC3=O)s2)cc1. The van der Waals surface area contributed by atoms with Gasteiger partial charge in [-0.25, -0.2) is 8.42 Å². The van der Waals surface area contributed by atoms with E-state index in [2.05, 4.69) is 10.6 Å². The van der Waals surface area contributed by atoms with Crippen molar-refractivity contribution in [1.82, 2.24) is 10.6 Å². The van der Waals surface area contributed by atoms with Gasteiger partial charge >= 0.3 is 0 Å². The van der Waals surface area contributed by atoms with E-state index in [0.29, 0.717) is 15.7 Å². The molecule has 8 heteroatoms. The van der Waals surface area contributed by atoms with Gasteiger partial charge in [-0.2, -0.15) is 0 Å². The summed E-state index contributed by atoms with van der Waals surface area (Å²) < 4.78 is 22.9. The Labute approximate surface area is 143 Å². The van der Waals surface area contributed by atoms with Crippen LogP contribution in [0.25, 0.3) is 16.5 Å². The van der Waals surface area contributed by atoms with E-state index in [-0.39, 0.29) is 5.91 Å². The Morgan fingerprint density at radius 1 is 1.09 bits per heavy atom. The van der Waals surface area contributed by atoms with Crippen molar-refractivity contribution < 1.29 is 13.2 Å². The molecule has 1 aliphatic rings. The first kappa shape index (κ1) is 15.9. The van der Waals surface area contributed by atoms with Crippen LogP contribution < -0.4 is 10.6 Å². The number of amides is 1. The average Bonchev–Trinajstić information content (AvgIpc) is 3.06. The van der Waals surface area contributed by atoms with E-state index in [0.717, 1.165) is 15.3 Å². The molecule has 1 amide bonds. The van der Waals surface area contributed by atoms with Gasteiger partial charge in [-0.1, -0.05) is 12.1 Å². The molecule has 1 aromatic carbocycles. The minimum atomic E-state index is -3.19. The van der Waals surface area contributed by atoms with Crippen LogP contribution in [-0.4, -0.2) is 25.7 Å². The number of hydrogen-bond acceptors (Lipinski definition) is 5. The maximum absolute atomic E-state index is 11.6. The molecule has 118 valence electrons. The van der Waals surface area contributed by atoms with Crippen molar-refractivity contribution in [3.63, 3.8) is 0 Å². The molecule has 0 unspecified atom stereocenters. The van der Waals surface area contributed by atoms with Crippen molar-refractivity contribution >= 4 is 50.5 Å². The zero-order valence-corrected chi connectivity index (χ0v) is 14.4. The third-order valence-corrected chi connectivity index (χ3v) is 5.61. The molecular formula is C15H12N2O3S3. The zero-order valence-electron chi connectivity index (χ0n) is 12.0. The van der Waals surface area contributed by atoms with Crippen LogP contribution in [0.2, 0.25) is 0 Å². The summed E-state index contributed by atoms with van der Waals surface area (Å²) in [6, 6.07) is 10.6. The van der Waals surface area contributed by atoms with Crippen LogP contribution in [0.5, 0.6) is 0 Å². The Balaban J connectivity index is 1.86. The number of thiocarbonyl (C=S) groups is 1. The standard InChI is InChI=1S/C15H12N2O3S3/c1-23(19,20)11-5-2-9(3-6-11)13-7-4-10(22-13)8-12-14(18)17-15(21)16-12/h2-8H,1H3,(H2,16,17,18,21)/b12-8-. The minimum absolute atomic E-state index is 0.248. The summed E-state index contributed by atoms with van der Waals surface area (Å²) in [6.07, 6.45) is 2.91. The first-order valence-electron chi connectivity index (χ1n) is 6.57. The number of sulfone groups is 1. The molecule has 1 aliphatic heterocycles. The highest BCUT2D eigenvalue weighted by molar-refractivity contribution is 7.90. The molecule has 0 aliphatic carbocycles. The highest BCUT2D eigenvalue weighted by Gasteiger charge is 2.20. The third-order valence-electron chi connectivity index (χ3n) is 3.20. The van der Waals surface area contributed by atoms with Crippen molar-refractivity contribution in [1.29, 1.82) is 0 Å². The molecule has 2 aromatic rings. The number of carbonyl (C=O) groups excluding carboxylic acids is 1. The van der Waals surface area contributed by atoms with Crippen LogP contribution in [-0.2, 0) is 14.6 Å². The van der Waals surface area contributed by atoms with Crippen molar-refractivity contribution in [3.8, 4) is 10.4 Å². The molecule has 5 nitrogen and oxygen atoms in total. The number of benzene rings is 1. The van der Waals surface area contributed by atoms with Gasteiger partial charge in [0.25, 0.3) is 5.91 Å². The second kappa shape index (κ2) is 5.88. The Morgan fingerprint density at radius 3 is 2.35 bits per heavy atom. The molecule has 0 saturated carbocycles. The molecule has 0 radical (unpaired) electrons. The summed E-state index contributed by atoms with van der Waals surface area (Å²) in [5.41, 5.74) is 1.34. The molecule has 2 N–H and O–H groups in total. The van der Waals surface area contributed by atoms with Gasteiger partial charge in [-0.05, 0) is 48.1 Å². The summed E-state index contributed by atoms with van der Waals surface area (Å²) in [4.78, 5) is 13.8. The van der Waals surface area contributed by atoms with E-state index < -0.39 is 9.84 Å². The van der Waals surface area contributed by atoms with Gasteiger partial charge in [0.1, 0.15) is 5.70 Å². The molecule has 0 atom stereocenters. The van der Waals surface area contributed by atoms with E-state index in [4.69, 9.17) is 12.2 Å². The van der Waals surface area contributed by atoms with Crippen LogP contribution in [0.15, 0.2) is 47.0 Å². The smallest absolute Gasteiger partial charge is 0.273 e. The normalized spacial score (nSPS) is 16.5. The second-order valence-corrected chi connectivity index (χ2v) is 8.50.